The molecule has 24 heavy (non-hydrogen) atoms. The van der Waals surface area contributed by atoms with Gasteiger partial charge in [0.05, 0.1) is 0 Å². The van der Waals surface area contributed by atoms with Crippen molar-refractivity contribution in [2.24, 2.45) is 0 Å². The number of nitrogens with one attached hydrogen (secondary N) is 1. The minimum Gasteiger partial charge on any atom is -0.419 e. The molecule has 122 valence electrons. The summed E-state index contributed by atoms with van der Waals surface area (Å²) >= 11 is 0. The number of carbonyl (C=O) groups is 1. The van der Waals surface area contributed by atoms with Gasteiger partial charge in [0.15, 0.2) is 0 Å². The highest BCUT2D eigenvalue weighted by Gasteiger charge is 2.11. The highest BCUT2D eigenvalue weighted by atomic mass is 16.4. The van der Waals surface area contributed by atoms with Crippen molar-refractivity contribution >= 4 is 11.6 Å². The lowest BCUT2D eigenvalue weighted by Gasteiger charge is -2.06. The van der Waals surface area contributed by atoms with Crippen molar-refractivity contribution in [2.75, 3.05) is 5.32 Å². The average molecular weight is 322 g/mol. The number of amides is 1. The zero-order chi connectivity index (χ0) is 16.9. The van der Waals surface area contributed by atoms with Crippen LogP contribution in [0.3, 0.4) is 0 Å². The lowest BCUT2D eigenvalue weighted by atomic mass is 10.1. The van der Waals surface area contributed by atoms with Crippen molar-refractivity contribution in [2.45, 2.75) is 26.7 Å². The van der Waals surface area contributed by atoms with Crippen molar-refractivity contribution < 1.29 is 9.21 Å². The van der Waals surface area contributed by atoms with Crippen LogP contribution in [0.1, 0.15) is 23.4 Å². The van der Waals surface area contributed by atoms with Gasteiger partial charge in [-0.1, -0.05) is 12.1 Å². The second-order valence-electron chi connectivity index (χ2n) is 5.64. The molecular weight excluding hydrogens is 304 g/mol. The molecule has 6 nitrogen and oxygen atoms in total. The summed E-state index contributed by atoms with van der Waals surface area (Å²) in [5.74, 6) is 0.698. The van der Waals surface area contributed by atoms with Crippen LogP contribution in [0.15, 0.2) is 47.0 Å². The van der Waals surface area contributed by atoms with E-state index < -0.39 is 0 Å². The van der Waals surface area contributed by atoms with Crippen LogP contribution < -0.4 is 5.32 Å². The maximum atomic E-state index is 12.1. The Morgan fingerprint density at radius 3 is 2.62 bits per heavy atom. The first-order valence-electron chi connectivity index (χ1n) is 7.72. The summed E-state index contributed by atoms with van der Waals surface area (Å²) in [5.41, 5.74) is 3.65. The predicted molar refractivity (Wildman–Crippen MR) is 90.4 cm³/mol. The molecular formula is C18H18N4O2. The van der Waals surface area contributed by atoms with Crippen molar-refractivity contribution in [3.8, 4) is 11.6 Å². The number of aryl methyl sites for hydroxylation is 3. The van der Waals surface area contributed by atoms with Crippen molar-refractivity contribution in [1.82, 2.24) is 15.2 Å². The number of anilines is 1. The standard InChI is InChI=1S/C18H18N4O2/c1-12-9-13(2)11-14(10-12)20-16(23)6-7-17-21-22-18(24-17)15-5-3-4-8-19-15/h3-5,8-11H,6-7H2,1-2H3,(H,20,23). The van der Waals surface area contributed by atoms with Crippen LogP contribution in [-0.4, -0.2) is 21.1 Å². The largest absolute Gasteiger partial charge is 0.419 e. The van der Waals surface area contributed by atoms with Crippen molar-refractivity contribution in [3.05, 3.63) is 59.6 Å². The second-order valence-corrected chi connectivity index (χ2v) is 5.64. The first kappa shape index (κ1) is 15.9. The minimum absolute atomic E-state index is 0.0856. The Kier molecular flexibility index (Phi) is 4.65. The quantitative estimate of drug-likeness (QED) is 0.779. The van der Waals surface area contributed by atoms with Crippen molar-refractivity contribution in [3.63, 3.8) is 0 Å². The average Bonchev–Trinajstić information content (AvgIpc) is 3.02. The fourth-order valence-electron chi connectivity index (χ4n) is 2.44. The molecule has 0 unspecified atom stereocenters. The molecule has 0 saturated carbocycles. The summed E-state index contributed by atoms with van der Waals surface area (Å²) < 4.78 is 5.54. The van der Waals surface area contributed by atoms with Crippen LogP contribution >= 0.6 is 0 Å². The maximum absolute atomic E-state index is 12.1. The summed E-state index contributed by atoms with van der Waals surface area (Å²) in [6, 6.07) is 11.4. The van der Waals surface area contributed by atoms with E-state index in [4.69, 9.17) is 4.42 Å². The number of carbonyl (C=O) groups excluding carboxylic acids is 1. The molecule has 0 aliphatic heterocycles. The molecule has 2 aromatic heterocycles. The van der Waals surface area contributed by atoms with Crippen LogP contribution in [0, 0.1) is 13.8 Å². The second kappa shape index (κ2) is 7.04. The third kappa shape index (κ3) is 4.04. The molecule has 0 spiro atoms. The van der Waals surface area contributed by atoms with Crippen LogP contribution in [0.25, 0.3) is 11.6 Å². The molecule has 0 atom stereocenters. The molecule has 0 radical (unpaired) electrons. The predicted octanol–water partition coefficient (Wildman–Crippen LogP) is 3.32. The maximum Gasteiger partial charge on any atom is 0.266 e. The van der Waals surface area contributed by atoms with Gasteiger partial charge in [0, 0.05) is 24.7 Å². The Morgan fingerprint density at radius 1 is 1.12 bits per heavy atom. The third-order valence-electron chi connectivity index (χ3n) is 3.42. The fourth-order valence-corrected chi connectivity index (χ4v) is 2.44. The first-order chi connectivity index (χ1) is 11.6. The lowest BCUT2D eigenvalue weighted by molar-refractivity contribution is -0.116. The number of rotatable bonds is 5. The van der Waals surface area contributed by atoms with E-state index >= 15 is 0 Å². The third-order valence-corrected chi connectivity index (χ3v) is 3.42. The topological polar surface area (TPSA) is 80.9 Å². The molecule has 0 bridgehead atoms. The van der Waals surface area contributed by atoms with E-state index in [2.05, 4.69) is 26.6 Å². The number of hydrogen-bond acceptors (Lipinski definition) is 5. The Labute approximate surface area is 140 Å². The molecule has 0 aliphatic carbocycles. The molecule has 0 aliphatic rings. The van der Waals surface area contributed by atoms with Crippen LogP contribution in [0.4, 0.5) is 5.69 Å². The zero-order valence-electron chi connectivity index (χ0n) is 13.6. The molecule has 2 heterocycles. The summed E-state index contributed by atoms with van der Waals surface area (Å²) in [6.45, 7) is 4.00. The number of nitrogens with zero attached hydrogens (tertiary/aromatic N) is 3. The van der Waals surface area contributed by atoms with Gasteiger partial charge in [-0.05, 0) is 49.2 Å². The van der Waals surface area contributed by atoms with Gasteiger partial charge >= 0.3 is 0 Å². The highest BCUT2D eigenvalue weighted by molar-refractivity contribution is 5.90. The van der Waals surface area contributed by atoms with Gasteiger partial charge in [-0.25, -0.2) is 0 Å². The fraction of sp³-hybridized carbons (Fsp3) is 0.222. The Hall–Kier alpha value is -3.02. The molecule has 0 saturated heterocycles. The molecule has 3 rings (SSSR count). The summed E-state index contributed by atoms with van der Waals surface area (Å²) in [4.78, 5) is 16.2. The van der Waals surface area contributed by atoms with E-state index in [1.807, 2.05) is 38.1 Å². The SMILES string of the molecule is Cc1cc(C)cc(NC(=O)CCc2nnc(-c3ccccn3)o2)c1. The van der Waals surface area contributed by atoms with Gasteiger partial charge in [-0.2, -0.15) is 0 Å². The Morgan fingerprint density at radius 2 is 1.92 bits per heavy atom. The summed E-state index contributed by atoms with van der Waals surface area (Å²) in [6.07, 6.45) is 2.32. The van der Waals surface area contributed by atoms with Gasteiger partial charge in [-0.3, -0.25) is 9.78 Å². The molecule has 1 aromatic carbocycles. The lowest BCUT2D eigenvalue weighted by Crippen LogP contribution is -2.12. The van der Waals surface area contributed by atoms with E-state index in [-0.39, 0.29) is 12.3 Å². The molecule has 1 amide bonds. The van der Waals surface area contributed by atoms with Crippen LogP contribution in [0.2, 0.25) is 0 Å². The smallest absolute Gasteiger partial charge is 0.266 e. The molecule has 0 fully saturated rings. The number of benzene rings is 1. The van der Waals surface area contributed by atoms with Gasteiger partial charge in [0.1, 0.15) is 5.69 Å². The van der Waals surface area contributed by atoms with Gasteiger partial charge in [0.25, 0.3) is 5.89 Å². The molecule has 1 N–H and O–H groups in total. The van der Waals surface area contributed by atoms with E-state index in [0.717, 1.165) is 16.8 Å². The van der Waals surface area contributed by atoms with E-state index in [0.29, 0.717) is 23.9 Å². The Bertz CT molecular complexity index is 823. The number of aromatic nitrogens is 3. The van der Waals surface area contributed by atoms with E-state index in [1.165, 1.54) is 0 Å². The van der Waals surface area contributed by atoms with Gasteiger partial charge in [-0.15, -0.1) is 10.2 Å². The minimum atomic E-state index is -0.0856. The van der Waals surface area contributed by atoms with E-state index in [9.17, 15) is 4.79 Å². The van der Waals surface area contributed by atoms with Gasteiger partial charge < -0.3 is 9.73 Å². The summed E-state index contributed by atoms with van der Waals surface area (Å²) in [5, 5.41) is 10.8. The molecule has 6 heteroatoms. The first-order valence-corrected chi connectivity index (χ1v) is 7.72. The van der Waals surface area contributed by atoms with Gasteiger partial charge in [0.2, 0.25) is 11.8 Å². The Balaban J connectivity index is 1.58. The van der Waals surface area contributed by atoms with Crippen LogP contribution in [-0.2, 0) is 11.2 Å². The zero-order valence-corrected chi connectivity index (χ0v) is 13.6. The number of hydrogen-bond donors (Lipinski definition) is 1. The molecule has 3 aromatic rings. The van der Waals surface area contributed by atoms with Crippen LogP contribution in [0.5, 0.6) is 0 Å². The highest BCUT2D eigenvalue weighted by Crippen LogP contribution is 2.16. The van der Waals surface area contributed by atoms with E-state index in [1.54, 1.807) is 12.3 Å². The van der Waals surface area contributed by atoms with Crippen molar-refractivity contribution in [1.29, 1.82) is 0 Å². The number of pyridine rings is 1. The monoisotopic (exact) mass is 322 g/mol. The normalized spacial score (nSPS) is 10.6. The summed E-state index contributed by atoms with van der Waals surface area (Å²) in [7, 11) is 0.